The second-order valence-corrected chi connectivity index (χ2v) is 14.9. The van der Waals surface area contributed by atoms with Crippen LogP contribution in [0.15, 0.2) is 85.1 Å². The highest BCUT2D eigenvalue weighted by Crippen LogP contribution is 2.43. The minimum atomic E-state index is -4.40. The summed E-state index contributed by atoms with van der Waals surface area (Å²) in [5, 5.41) is 0. The summed E-state index contributed by atoms with van der Waals surface area (Å²) in [6.45, 7) is 3.48. The predicted molar refractivity (Wildman–Crippen MR) is 229 cm³/mol. The SMILES string of the molecule is CC/C=C/C/C=C/C/C=C/C/C=C/C/C=C/C/C=C/CCC(=O)OC[C@H](COP(=O)(O)OCCN)OC(=O)CCCCCCCCCCC/C=C/CCCC. The van der Waals surface area contributed by atoms with Gasteiger partial charge in [0.25, 0.3) is 0 Å². The van der Waals surface area contributed by atoms with Crippen molar-refractivity contribution in [2.75, 3.05) is 26.4 Å². The number of carbonyl (C=O) groups excluding carboxylic acids is 2. The van der Waals surface area contributed by atoms with Gasteiger partial charge in [-0.15, -0.1) is 0 Å². The lowest BCUT2D eigenvalue weighted by Gasteiger charge is -2.19. The van der Waals surface area contributed by atoms with Gasteiger partial charge in [-0.1, -0.05) is 157 Å². The van der Waals surface area contributed by atoms with E-state index in [1.807, 2.05) is 12.2 Å². The number of esters is 2. The van der Waals surface area contributed by atoms with E-state index in [1.165, 1.54) is 57.8 Å². The van der Waals surface area contributed by atoms with Crippen molar-refractivity contribution in [1.29, 1.82) is 0 Å². The Morgan fingerprint density at radius 2 is 1.04 bits per heavy atom. The fourth-order valence-electron chi connectivity index (χ4n) is 5.17. The molecule has 3 N–H and O–H groups in total. The normalized spacial score (nSPS) is 14.2. The molecule has 10 heteroatoms. The second-order valence-electron chi connectivity index (χ2n) is 13.5. The first-order chi connectivity index (χ1) is 26.8. The Morgan fingerprint density at radius 3 is 1.56 bits per heavy atom. The van der Waals surface area contributed by atoms with Crippen molar-refractivity contribution in [3.63, 3.8) is 0 Å². The fourth-order valence-corrected chi connectivity index (χ4v) is 5.93. The Morgan fingerprint density at radius 1 is 0.564 bits per heavy atom. The molecule has 0 heterocycles. The molecule has 314 valence electrons. The number of hydrogen-bond acceptors (Lipinski definition) is 8. The van der Waals surface area contributed by atoms with Crippen LogP contribution in [0.4, 0.5) is 0 Å². The van der Waals surface area contributed by atoms with E-state index in [-0.39, 0.29) is 32.6 Å². The third-order valence-electron chi connectivity index (χ3n) is 8.28. The molecule has 1 unspecified atom stereocenters. The third kappa shape index (κ3) is 40.7. The largest absolute Gasteiger partial charge is 0.472 e. The van der Waals surface area contributed by atoms with Crippen LogP contribution in [-0.2, 0) is 32.7 Å². The van der Waals surface area contributed by atoms with Crippen molar-refractivity contribution in [3.8, 4) is 0 Å². The Kier molecular flexibility index (Phi) is 38.8. The van der Waals surface area contributed by atoms with Crippen LogP contribution >= 0.6 is 7.82 Å². The third-order valence-corrected chi connectivity index (χ3v) is 9.26. The molecule has 9 nitrogen and oxygen atoms in total. The quantitative estimate of drug-likeness (QED) is 0.0271. The Labute approximate surface area is 334 Å². The maximum absolute atomic E-state index is 12.6. The topological polar surface area (TPSA) is 134 Å². The van der Waals surface area contributed by atoms with Crippen molar-refractivity contribution >= 4 is 19.8 Å². The molecule has 0 aliphatic heterocycles. The van der Waals surface area contributed by atoms with Gasteiger partial charge in [0.2, 0.25) is 0 Å². The van der Waals surface area contributed by atoms with Crippen LogP contribution < -0.4 is 5.73 Å². The summed E-state index contributed by atoms with van der Waals surface area (Å²) in [5.74, 6) is -0.937. The van der Waals surface area contributed by atoms with E-state index < -0.39 is 32.5 Å². The number of ether oxygens (including phenoxy) is 2. The first kappa shape index (κ1) is 52.2. The van der Waals surface area contributed by atoms with Crippen LogP contribution in [0.25, 0.3) is 0 Å². The lowest BCUT2D eigenvalue weighted by atomic mass is 10.1. The van der Waals surface area contributed by atoms with Crippen molar-refractivity contribution in [2.45, 2.75) is 161 Å². The minimum absolute atomic E-state index is 0.0395. The summed E-state index contributed by atoms with van der Waals surface area (Å²) < 4.78 is 32.7. The standard InChI is InChI=1S/C45H76NO8P/c1-3-5-7-9-11-13-15-17-19-20-21-22-24-25-27-29-31-33-35-37-44(47)51-41-43(42-53-55(49,50)52-40-39-46)54-45(48)38-36-34-32-30-28-26-23-18-16-14-12-10-8-6-4-2/h5,7,10-13,17,19,21-22,25,27,31,33,43H,3-4,6,8-9,14-16,18,20,23-24,26,28-30,32,34-42,46H2,1-2H3,(H,49,50)/b7-5+,12-10+,13-11+,19-17+,22-21+,27-25+,33-31+/t43-/m1/s1. The summed E-state index contributed by atoms with van der Waals surface area (Å²) in [6, 6.07) is 0. The zero-order chi connectivity index (χ0) is 40.3. The number of nitrogens with two attached hydrogens (primary N) is 1. The van der Waals surface area contributed by atoms with E-state index in [0.717, 1.165) is 57.8 Å². The Hall–Kier alpha value is -2.81. The first-order valence-electron chi connectivity index (χ1n) is 21.1. The predicted octanol–water partition coefficient (Wildman–Crippen LogP) is 12.0. The molecule has 0 aliphatic rings. The van der Waals surface area contributed by atoms with Crippen LogP contribution in [0.3, 0.4) is 0 Å². The molecule has 0 bridgehead atoms. The van der Waals surface area contributed by atoms with Gasteiger partial charge in [0, 0.05) is 19.4 Å². The van der Waals surface area contributed by atoms with Crippen LogP contribution in [-0.4, -0.2) is 49.3 Å². The van der Waals surface area contributed by atoms with Crippen molar-refractivity contribution in [3.05, 3.63) is 85.1 Å². The van der Waals surface area contributed by atoms with Gasteiger partial charge in [-0.3, -0.25) is 18.6 Å². The second kappa shape index (κ2) is 40.8. The zero-order valence-electron chi connectivity index (χ0n) is 34.4. The van der Waals surface area contributed by atoms with Gasteiger partial charge in [0.05, 0.1) is 13.2 Å². The van der Waals surface area contributed by atoms with Gasteiger partial charge in [0.15, 0.2) is 6.10 Å². The molecule has 0 aromatic rings. The van der Waals surface area contributed by atoms with Crippen molar-refractivity contribution in [1.82, 2.24) is 0 Å². The molecule has 0 fully saturated rings. The molecule has 0 aliphatic carbocycles. The molecule has 0 amide bonds. The molecule has 0 aromatic carbocycles. The number of allylic oxidation sites excluding steroid dienone is 14. The van der Waals surface area contributed by atoms with Crippen LogP contribution in [0.5, 0.6) is 0 Å². The van der Waals surface area contributed by atoms with E-state index in [4.69, 9.17) is 24.3 Å². The van der Waals surface area contributed by atoms with Gasteiger partial charge in [-0.25, -0.2) is 4.57 Å². The van der Waals surface area contributed by atoms with E-state index in [0.29, 0.717) is 12.8 Å². The summed E-state index contributed by atoms with van der Waals surface area (Å²) in [6.07, 6.45) is 50.5. The summed E-state index contributed by atoms with van der Waals surface area (Å²) in [4.78, 5) is 34.8. The van der Waals surface area contributed by atoms with E-state index in [2.05, 4.69) is 86.8 Å². The molecule has 0 rings (SSSR count). The lowest BCUT2D eigenvalue weighted by Crippen LogP contribution is -2.29. The monoisotopic (exact) mass is 790 g/mol. The summed E-state index contributed by atoms with van der Waals surface area (Å²) >= 11 is 0. The molecule has 2 atom stereocenters. The Balaban J connectivity index is 4.31. The Bertz CT molecular complexity index is 1170. The van der Waals surface area contributed by atoms with E-state index in [9.17, 15) is 19.0 Å². The van der Waals surface area contributed by atoms with E-state index in [1.54, 1.807) is 0 Å². The first-order valence-corrected chi connectivity index (χ1v) is 22.6. The number of phosphoric ester groups is 1. The van der Waals surface area contributed by atoms with Gasteiger partial charge >= 0.3 is 19.8 Å². The highest BCUT2D eigenvalue weighted by Gasteiger charge is 2.25. The van der Waals surface area contributed by atoms with Gasteiger partial charge in [-0.2, -0.15) is 0 Å². The molecule has 0 saturated heterocycles. The zero-order valence-corrected chi connectivity index (χ0v) is 35.3. The van der Waals surface area contributed by atoms with Gasteiger partial charge in [0.1, 0.15) is 6.61 Å². The number of unbranched alkanes of at least 4 members (excludes halogenated alkanes) is 11. The van der Waals surface area contributed by atoms with E-state index >= 15 is 0 Å². The average molecular weight is 790 g/mol. The lowest BCUT2D eigenvalue weighted by molar-refractivity contribution is -0.161. The summed E-state index contributed by atoms with van der Waals surface area (Å²) in [5.41, 5.74) is 5.34. The average Bonchev–Trinajstić information content (AvgIpc) is 3.17. The highest BCUT2D eigenvalue weighted by atomic mass is 31.2. The molecule has 55 heavy (non-hydrogen) atoms. The molecule has 0 spiro atoms. The van der Waals surface area contributed by atoms with Crippen molar-refractivity contribution in [2.24, 2.45) is 5.73 Å². The molecular formula is C45H76NO8P. The number of carbonyl (C=O) groups is 2. The number of hydrogen-bond donors (Lipinski definition) is 2. The molecule has 0 saturated carbocycles. The summed E-state index contributed by atoms with van der Waals surface area (Å²) in [7, 11) is -4.40. The number of rotatable bonds is 38. The van der Waals surface area contributed by atoms with Crippen molar-refractivity contribution < 1.29 is 37.6 Å². The number of phosphoric acid groups is 1. The van der Waals surface area contributed by atoms with Gasteiger partial charge < -0.3 is 20.1 Å². The fraction of sp³-hybridized carbons (Fsp3) is 0.644. The highest BCUT2D eigenvalue weighted by molar-refractivity contribution is 7.47. The van der Waals surface area contributed by atoms with Crippen LogP contribution in [0, 0.1) is 0 Å². The maximum atomic E-state index is 12.6. The minimum Gasteiger partial charge on any atom is -0.462 e. The smallest absolute Gasteiger partial charge is 0.462 e. The van der Waals surface area contributed by atoms with Gasteiger partial charge in [-0.05, 0) is 70.6 Å². The van der Waals surface area contributed by atoms with Crippen LogP contribution in [0.2, 0.25) is 0 Å². The van der Waals surface area contributed by atoms with Crippen LogP contribution in [0.1, 0.15) is 155 Å². The molecule has 0 radical (unpaired) electrons. The molecular weight excluding hydrogens is 713 g/mol. The molecule has 0 aromatic heterocycles. The maximum Gasteiger partial charge on any atom is 0.472 e.